The Kier molecular flexibility index (Phi) is 6.10. The molecule has 0 saturated carbocycles. The van der Waals surface area contributed by atoms with Gasteiger partial charge in [0.05, 0.1) is 16.6 Å². The summed E-state index contributed by atoms with van der Waals surface area (Å²) in [5.41, 5.74) is 8.57. The average molecular weight is 482 g/mol. The molecule has 0 radical (unpaired) electrons. The van der Waals surface area contributed by atoms with Crippen molar-refractivity contribution in [1.82, 2.24) is 25.8 Å². The lowest BCUT2D eigenvalue weighted by Gasteiger charge is -2.08. The summed E-state index contributed by atoms with van der Waals surface area (Å²) in [4.78, 5) is 36.1. The van der Waals surface area contributed by atoms with Crippen LogP contribution in [0.4, 0.5) is 0 Å². The van der Waals surface area contributed by atoms with Gasteiger partial charge in [0.2, 0.25) is 0 Å². The third-order valence-corrected chi connectivity index (χ3v) is 5.59. The summed E-state index contributed by atoms with van der Waals surface area (Å²) in [6.45, 7) is 0. The number of amides is 2. The predicted octanol–water partition coefficient (Wildman–Crippen LogP) is 4.09. The van der Waals surface area contributed by atoms with Crippen molar-refractivity contribution in [3.8, 4) is 0 Å². The Morgan fingerprint density at radius 3 is 2.43 bits per heavy atom. The quantitative estimate of drug-likeness (QED) is 0.294. The molecule has 7 nitrogen and oxygen atoms in total. The highest BCUT2D eigenvalue weighted by molar-refractivity contribution is 9.10. The summed E-state index contributed by atoms with van der Waals surface area (Å²) in [6, 6.07) is 16.7. The summed E-state index contributed by atoms with van der Waals surface area (Å²) >= 11 is 4.85. The topological polar surface area (TPSA) is 99.8 Å². The zero-order chi connectivity index (χ0) is 20.9. The number of hydrogen-bond donors (Lipinski definition) is 3. The zero-order valence-corrected chi connectivity index (χ0v) is 18.0. The lowest BCUT2D eigenvalue weighted by Crippen LogP contribution is -2.41. The Morgan fingerprint density at radius 2 is 1.70 bits per heavy atom. The summed E-state index contributed by atoms with van der Waals surface area (Å²) in [6.07, 6.45) is 2.99. The SMILES string of the molecule is O=C(NNC(=O)c1cncc(Br)c1)c1ccc(CSc2nc3ccccc3[nH]2)cc1. The molecule has 0 saturated heterocycles. The van der Waals surface area contributed by atoms with E-state index in [1.807, 2.05) is 36.4 Å². The Morgan fingerprint density at radius 1 is 0.967 bits per heavy atom. The van der Waals surface area contributed by atoms with Gasteiger partial charge in [-0.1, -0.05) is 36.0 Å². The lowest BCUT2D eigenvalue weighted by molar-refractivity contribution is 0.0846. The third kappa shape index (κ3) is 4.87. The molecule has 2 aromatic heterocycles. The van der Waals surface area contributed by atoms with Crippen LogP contribution in [0, 0.1) is 0 Å². The van der Waals surface area contributed by atoms with E-state index in [9.17, 15) is 9.59 Å². The normalized spacial score (nSPS) is 10.7. The number of hydrogen-bond acceptors (Lipinski definition) is 5. The number of imidazole rings is 1. The second-order valence-electron chi connectivity index (χ2n) is 6.34. The smallest absolute Gasteiger partial charge is 0.271 e. The number of pyridine rings is 1. The molecule has 2 amide bonds. The number of thioether (sulfide) groups is 1. The molecule has 0 aliphatic carbocycles. The van der Waals surface area contributed by atoms with Crippen molar-refractivity contribution in [3.05, 3.63) is 88.2 Å². The molecule has 0 unspecified atom stereocenters. The fraction of sp³-hybridized carbons (Fsp3) is 0.0476. The Hall–Kier alpha value is -3.17. The van der Waals surface area contributed by atoms with Gasteiger partial charge in [0, 0.05) is 28.2 Å². The highest BCUT2D eigenvalue weighted by atomic mass is 79.9. The first kappa shape index (κ1) is 20.1. The molecule has 2 heterocycles. The number of aromatic amines is 1. The molecule has 3 N–H and O–H groups in total. The van der Waals surface area contributed by atoms with Gasteiger partial charge >= 0.3 is 0 Å². The van der Waals surface area contributed by atoms with E-state index in [-0.39, 0.29) is 0 Å². The number of para-hydroxylation sites is 2. The molecule has 4 rings (SSSR count). The fourth-order valence-corrected chi connectivity index (χ4v) is 3.90. The van der Waals surface area contributed by atoms with E-state index in [1.165, 1.54) is 6.20 Å². The molecule has 4 aromatic rings. The van der Waals surface area contributed by atoms with Crippen molar-refractivity contribution in [3.63, 3.8) is 0 Å². The lowest BCUT2D eigenvalue weighted by atomic mass is 10.1. The summed E-state index contributed by atoms with van der Waals surface area (Å²) < 4.78 is 0.678. The van der Waals surface area contributed by atoms with Crippen LogP contribution in [0.1, 0.15) is 26.3 Å². The monoisotopic (exact) mass is 481 g/mol. The van der Waals surface area contributed by atoms with Crippen LogP contribution in [0.2, 0.25) is 0 Å². The van der Waals surface area contributed by atoms with Gasteiger partial charge in [0.25, 0.3) is 11.8 Å². The van der Waals surface area contributed by atoms with Crippen LogP contribution in [0.15, 0.2) is 76.6 Å². The summed E-state index contributed by atoms with van der Waals surface area (Å²) in [7, 11) is 0. The van der Waals surface area contributed by atoms with E-state index in [1.54, 1.807) is 36.2 Å². The largest absolute Gasteiger partial charge is 0.333 e. The first-order chi connectivity index (χ1) is 14.6. The van der Waals surface area contributed by atoms with Crippen LogP contribution in [0.3, 0.4) is 0 Å². The van der Waals surface area contributed by atoms with Gasteiger partial charge in [-0.05, 0) is 51.8 Å². The minimum atomic E-state index is -0.448. The van der Waals surface area contributed by atoms with Crippen molar-refractivity contribution in [2.75, 3.05) is 0 Å². The summed E-state index contributed by atoms with van der Waals surface area (Å²) in [5.74, 6) is -0.132. The van der Waals surface area contributed by atoms with Crippen molar-refractivity contribution in [2.24, 2.45) is 0 Å². The number of H-pyrrole nitrogens is 1. The van der Waals surface area contributed by atoms with E-state index >= 15 is 0 Å². The first-order valence-electron chi connectivity index (χ1n) is 8.96. The molecule has 0 aliphatic rings. The van der Waals surface area contributed by atoms with Crippen molar-refractivity contribution >= 4 is 50.5 Å². The molecule has 150 valence electrons. The zero-order valence-electron chi connectivity index (χ0n) is 15.6. The maximum atomic E-state index is 12.3. The number of fused-ring (bicyclic) bond motifs is 1. The molecule has 2 aromatic carbocycles. The van der Waals surface area contributed by atoms with Gasteiger partial charge < -0.3 is 4.98 Å². The number of carbonyl (C=O) groups is 2. The highest BCUT2D eigenvalue weighted by Gasteiger charge is 2.10. The molecule has 9 heteroatoms. The van der Waals surface area contributed by atoms with E-state index in [0.717, 1.165) is 21.8 Å². The van der Waals surface area contributed by atoms with Crippen LogP contribution in [0.25, 0.3) is 11.0 Å². The summed E-state index contributed by atoms with van der Waals surface area (Å²) in [5, 5.41) is 0.850. The standard InChI is InChI=1S/C21H16BrN5O2S/c22-16-9-15(10-23-11-16)20(29)27-26-19(28)14-7-5-13(6-8-14)12-30-21-24-17-3-1-2-4-18(17)25-21/h1-11H,12H2,(H,24,25)(H,26,28)(H,27,29). The van der Waals surface area contributed by atoms with Gasteiger partial charge in [-0.25, -0.2) is 4.98 Å². The molecule has 0 atom stereocenters. The average Bonchev–Trinajstić information content (AvgIpc) is 3.19. The molecule has 0 spiro atoms. The maximum Gasteiger partial charge on any atom is 0.271 e. The van der Waals surface area contributed by atoms with Crippen LogP contribution < -0.4 is 10.9 Å². The van der Waals surface area contributed by atoms with Gasteiger partial charge in [-0.15, -0.1) is 0 Å². The third-order valence-electron chi connectivity index (χ3n) is 4.22. The Bertz CT molecular complexity index is 1180. The maximum absolute atomic E-state index is 12.3. The van der Waals surface area contributed by atoms with Crippen LogP contribution in [-0.2, 0) is 5.75 Å². The van der Waals surface area contributed by atoms with E-state index in [2.05, 4.69) is 41.7 Å². The van der Waals surface area contributed by atoms with E-state index in [0.29, 0.717) is 21.4 Å². The van der Waals surface area contributed by atoms with Crippen LogP contribution in [0.5, 0.6) is 0 Å². The molecule has 0 aliphatic heterocycles. The van der Waals surface area contributed by atoms with Gasteiger partial charge in [0.15, 0.2) is 5.16 Å². The Balaban J connectivity index is 1.31. The van der Waals surface area contributed by atoms with Crippen LogP contribution in [-0.4, -0.2) is 26.8 Å². The predicted molar refractivity (Wildman–Crippen MR) is 119 cm³/mol. The molecular weight excluding hydrogens is 466 g/mol. The highest BCUT2D eigenvalue weighted by Crippen LogP contribution is 2.23. The minimum absolute atomic E-state index is 0.336. The van der Waals surface area contributed by atoms with Gasteiger partial charge in [0.1, 0.15) is 0 Å². The number of carbonyl (C=O) groups excluding carboxylic acids is 2. The molecule has 0 fully saturated rings. The number of benzene rings is 2. The number of hydrazine groups is 1. The first-order valence-corrected chi connectivity index (χ1v) is 10.7. The number of nitrogens with zero attached hydrogens (tertiary/aromatic N) is 2. The van der Waals surface area contributed by atoms with Crippen LogP contribution >= 0.6 is 27.7 Å². The molecule has 0 bridgehead atoms. The Labute approximate surface area is 184 Å². The van der Waals surface area contributed by atoms with Gasteiger partial charge in [-0.3, -0.25) is 25.4 Å². The number of rotatable bonds is 5. The van der Waals surface area contributed by atoms with Gasteiger partial charge in [-0.2, -0.15) is 0 Å². The van der Waals surface area contributed by atoms with E-state index < -0.39 is 11.8 Å². The number of aromatic nitrogens is 3. The number of nitrogens with one attached hydrogen (secondary N) is 3. The van der Waals surface area contributed by atoms with Crippen molar-refractivity contribution in [1.29, 1.82) is 0 Å². The second kappa shape index (κ2) is 9.10. The number of halogens is 1. The molecule has 30 heavy (non-hydrogen) atoms. The fourth-order valence-electron chi connectivity index (χ4n) is 2.70. The molecular formula is C21H16BrN5O2S. The van der Waals surface area contributed by atoms with Crippen molar-refractivity contribution < 1.29 is 9.59 Å². The second-order valence-corrected chi connectivity index (χ2v) is 8.22. The minimum Gasteiger partial charge on any atom is -0.333 e. The van der Waals surface area contributed by atoms with E-state index in [4.69, 9.17) is 0 Å². The van der Waals surface area contributed by atoms with Crippen molar-refractivity contribution in [2.45, 2.75) is 10.9 Å².